The lowest BCUT2D eigenvalue weighted by atomic mass is 9.77. The lowest BCUT2D eigenvalue weighted by molar-refractivity contribution is -0.931. The molecule has 2 aromatic rings. The number of phenolic OH excluding ortho intramolecular Hbond substituents is 1. The molecule has 0 amide bonds. The zero-order chi connectivity index (χ0) is 23.8. The van der Waals surface area contributed by atoms with Crippen molar-refractivity contribution in [1.29, 1.82) is 0 Å². The topological polar surface area (TPSA) is 27.9 Å². The minimum Gasteiger partial charge on any atom is -0.507 e. The number of hydrogen-bond donors (Lipinski definition) is 2. The molecule has 0 radical (unpaired) electrons. The third kappa shape index (κ3) is 5.31. The molecule has 0 spiro atoms. The number of nitrogens with one attached hydrogen (secondary N) is 1. The number of anilines is 1. The van der Waals surface area contributed by atoms with Gasteiger partial charge in [0.15, 0.2) is 0 Å². The predicted molar refractivity (Wildman–Crippen MR) is 137 cm³/mol. The van der Waals surface area contributed by atoms with Crippen molar-refractivity contribution in [3.05, 3.63) is 58.7 Å². The van der Waals surface area contributed by atoms with Crippen LogP contribution in [0.15, 0.2) is 36.4 Å². The number of benzene rings is 2. The van der Waals surface area contributed by atoms with E-state index in [-0.39, 0.29) is 16.9 Å². The molecule has 1 heterocycles. The van der Waals surface area contributed by atoms with Crippen LogP contribution in [0.5, 0.6) is 5.75 Å². The van der Waals surface area contributed by atoms with Crippen molar-refractivity contribution < 1.29 is 10.0 Å². The molecule has 0 saturated carbocycles. The van der Waals surface area contributed by atoms with E-state index < -0.39 is 0 Å². The van der Waals surface area contributed by atoms with Crippen molar-refractivity contribution in [2.45, 2.75) is 78.2 Å². The highest BCUT2D eigenvalue weighted by molar-refractivity contribution is 5.52. The zero-order valence-corrected chi connectivity index (χ0v) is 21.8. The summed E-state index contributed by atoms with van der Waals surface area (Å²) in [5.41, 5.74) is 5.80. The van der Waals surface area contributed by atoms with E-state index in [2.05, 4.69) is 104 Å². The molecule has 3 nitrogen and oxygen atoms in total. The Kier molecular flexibility index (Phi) is 7.00. The number of nitrogens with zero attached hydrogens (tertiary/aromatic N) is 1. The van der Waals surface area contributed by atoms with Crippen LogP contribution < -0.4 is 9.80 Å². The molecule has 0 aromatic heterocycles. The first kappa shape index (κ1) is 24.6. The van der Waals surface area contributed by atoms with E-state index >= 15 is 0 Å². The number of phenols is 1. The van der Waals surface area contributed by atoms with Crippen LogP contribution in [0.1, 0.15) is 89.6 Å². The second-order valence-corrected chi connectivity index (χ2v) is 12.2. The highest BCUT2D eigenvalue weighted by Gasteiger charge is 2.34. The van der Waals surface area contributed by atoms with E-state index in [0.717, 1.165) is 17.0 Å². The van der Waals surface area contributed by atoms with Gasteiger partial charge in [-0.3, -0.25) is 0 Å². The summed E-state index contributed by atoms with van der Waals surface area (Å²) in [6.45, 7) is 18.0. The molecule has 0 unspecified atom stereocenters. The highest BCUT2D eigenvalue weighted by atomic mass is 16.3. The molecule has 0 bridgehead atoms. The second kappa shape index (κ2) is 9.09. The summed E-state index contributed by atoms with van der Waals surface area (Å²) < 4.78 is 0. The smallest absolute Gasteiger partial charge is 0.139 e. The van der Waals surface area contributed by atoms with Crippen LogP contribution in [0.3, 0.4) is 0 Å². The fourth-order valence-corrected chi connectivity index (χ4v) is 5.02. The molecular formula is C29H45N2O+. The van der Waals surface area contributed by atoms with Crippen molar-refractivity contribution in [2.75, 3.05) is 32.1 Å². The van der Waals surface area contributed by atoms with Gasteiger partial charge < -0.3 is 14.9 Å². The van der Waals surface area contributed by atoms with E-state index in [1.807, 2.05) is 0 Å². The van der Waals surface area contributed by atoms with E-state index in [1.54, 1.807) is 4.90 Å². The Hall–Kier alpha value is -2.00. The van der Waals surface area contributed by atoms with E-state index in [9.17, 15) is 5.11 Å². The van der Waals surface area contributed by atoms with E-state index in [4.69, 9.17) is 0 Å². The van der Waals surface area contributed by atoms with Gasteiger partial charge in [0, 0.05) is 42.0 Å². The van der Waals surface area contributed by atoms with Crippen molar-refractivity contribution in [2.24, 2.45) is 5.92 Å². The summed E-state index contributed by atoms with van der Waals surface area (Å²) in [6.07, 6.45) is 2.55. The summed E-state index contributed by atoms with van der Waals surface area (Å²) in [5.74, 6) is 1.28. The van der Waals surface area contributed by atoms with Crippen LogP contribution in [0.4, 0.5) is 5.69 Å². The van der Waals surface area contributed by atoms with Crippen LogP contribution in [0.25, 0.3) is 0 Å². The quantitative estimate of drug-likeness (QED) is 0.665. The summed E-state index contributed by atoms with van der Waals surface area (Å²) in [6, 6.07) is 14.0. The molecule has 3 rings (SSSR count). The van der Waals surface area contributed by atoms with Gasteiger partial charge in [0.2, 0.25) is 0 Å². The molecule has 2 aromatic carbocycles. The first-order valence-corrected chi connectivity index (χ1v) is 12.3. The van der Waals surface area contributed by atoms with Crippen molar-refractivity contribution in [3.63, 3.8) is 0 Å². The Labute approximate surface area is 196 Å². The van der Waals surface area contributed by atoms with Gasteiger partial charge in [0.25, 0.3) is 0 Å². The maximum Gasteiger partial charge on any atom is 0.139 e. The van der Waals surface area contributed by atoms with Crippen molar-refractivity contribution >= 4 is 5.69 Å². The van der Waals surface area contributed by atoms with Crippen molar-refractivity contribution in [3.8, 4) is 5.75 Å². The fourth-order valence-electron chi connectivity index (χ4n) is 5.02. The first-order chi connectivity index (χ1) is 14.8. The predicted octanol–water partition coefficient (Wildman–Crippen LogP) is 5.46. The molecule has 1 saturated heterocycles. The van der Waals surface area contributed by atoms with Gasteiger partial charge >= 0.3 is 0 Å². The largest absolute Gasteiger partial charge is 0.507 e. The first-order valence-electron chi connectivity index (χ1n) is 12.3. The maximum atomic E-state index is 11.3. The Bertz CT molecular complexity index is 873. The van der Waals surface area contributed by atoms with Crippen molar-refractivity contribution in [1.82, 2.24) is 0 Å². The lowest BCUT2D eigenvalue weighted by Gasteiger charge is -2.36. The van der Waals surface area contributed by atoms with Crippen LogP contribution in [-0.2, 0) is 10.8 Å². The maximum absolute atomic E-state index is 11.3. The molecule has 1 fully saturated rings. The molecule has 176 valence electrons. The Morgan fingerprint density at radius 1 is 0.844 bits per heavy atom. The summed E-state index contributed by atoms with van der Waals surface area (Å²) >= 11 is 0. The molecule has 0 aliphatic carbocycles. The monoisotopic (exact) mass is 437 g/mol. The van der Waals surface area contributed by atoms with E-state index in [0.29, 0.717) is 5.75 Å². The molecule has 2 N–H and O–H groups in total. The molecule has 1 atom stereocenters. The summed E-state index contributed by atoms with van der Waals surface area (Å²) in [4.78, 5) is 3.80. The SMILES string of the molecule is CC1CC[NH+]([C@@H](c2ccc(N(C)C)cc2)c2cc(C(C)(C)C)c(O)c(C(C)(C)C)c2)CC1. The standard InChI is InChI=1S/C29H44N2O/c1-20-14-16-31(17-15-20)26(21-10-12-23(13-11-21)30(8)9)22-18-24(28(2,3)4)27(32)25(19-22)29(5,6)7/h10-13,18-20,26,32H,14-17H2,1-9H3/p+1/t26-/m0/s1. The van der Waals surface area contributed by atoms with E-state index in [1.165, 1.54) is 42.7 Å². The Morgan fingerprint density at radius 2 is 1.31 bits per heavy atom. The molecule has 3 heteroatoms. The van der Waals surface area contributed by atoms with Crippen LogP contribution in [0, 0.1) is 5.92 Å². The zero-order valence-electron chi connectivity index (χ0n) is 21.8. The van der Waals surface area contributed by atoms with Crippen LogP contribution >= 0.6 is 0 Å². The highest BCUT2D eigenvalue weighted by Crippen LogP contribution is 2.41. The van der Waals surface area contributed by atoms with Gasteiger partial charge in [0.1, 0.15) is 11.8 Å². The van der Waals surface area contributed by atoms with Gasteiger partial charge in [-0.2, -0.15) is 0 Å². The summed E-state index contributed by atoms with van der Waals surface area (Å²) in [7, 11) is 4.18. The fraction of sp³-hybridized carbons (Fsp3) is 0.586. The normalized spacial score (nSPS) is 20.8. The van der Waals surface area contributed by atoms with Gasteiger partial charge in [0.05, 0.1) is 13.1 Å². The average Bonchev–Trinajstić information content (AvgIpc) is 2.69. The summed E-state index contributed by atoms with van der Waals surface area (Å²) in [5, 5.41) is 11.3. The van der Waals surface area contributed by atoms with Crippen LogP contribution in [-0.4, -0.2) is 32.3 Å². The van der Waals surface area contributed by atoms with Crippen LogP contribution in [0.2, 0.25) is 0 Å². The minimum atomic E-state index is -0.120. The van der Waals surface area contributed by atoms with Gasteiger partial charge in [-0.25, -0.2) is 0 Å². The number of rotatable bonds is 4. The average molecular weight is 438 g/mol. The molecular weight excluding hydrogens is 392 g/mol. The Balaban J connectivity index is 2.19. The second-order valence-electron chi connectivity index (χ2n) is 12.2. The Morgan fingerprint density at radius 3 is 1.72 bits per heavy atom. The number of aromatic hydroxyl groups is 1. The van der Waals surface area contributed by atoms with Gasteiger partial charge in [-0.15, -0.1) is 0 Å². The third-order valence-electron chi connectivity index (χ3n) is 7.15. The minimum absolute atomic E-state index is 0.120. The number of piperidine rings is 1. The number of likely N-dealkylation sites (tertiary alicyclic amines) is 1. The third-order valence-corrected chi connectivity index (χ3v) is 7.15. The molecule has 1 aliphatic heterocycles. The van der Waals surface area contributed by atoms with Gasteiger partial charge in [-0.05, 0) is 53.9 Å². The number of quaternary nitrogens is 1. The molecule has 32 heavy (non-hydrogen) atoms. The van der Waals surface area contributed by atoms with Gasteiger partial charge in [-0.1, -0.05) is 60.6 Å². The molecule has 1 aliphatic rings. The lowest BCUT2D eigenvalue weighted by Crippen LogP contribution is -3.13. The number of hydrogen-bond acceptors (Lipinski definition) is 2.